The van der Waals surface area contributed by atoms with Crippen molar-refractivity contribution in [1.82, 2.24) is 0 Å². The third-order valence-electron chi connectivity index (χ3n) is 8.75. The first kappa shape index (κ1) is 22.3. The first-order chi connectivity index (χ1) is 13.2. The summed E-state index contributed by atoms with van der Waals surface area (Å²) in [5.74, 6) is -3.01. The van der Waals surface area contributed by atoms with E-state index in [4.69, 9.17) is 4.74 Å². The molecule has 0 aromatic carbocycles. The molecule has 0 heterocycles. The third kappa shape index (κ3) is 3.06. The van der Waals surface area contributed by atoms with Crippen LogP contribution in [0.3, 0.4) is 0 Å². The summed E-state index contributed by atoms with van der Waals surface area (Å²) < 4.78 is 44.2. The van der Waals surface area contributed by atoms with Gasteiger partial charge in [0.05, 0.1) is 6.10 Å². The molecule has 3 rings (SSSR count). The third-order valence-corrected chi connectivity index (χ3v) is 8.75. The summed E-state index contributed by atoms with van der Waals surface area (Å²) in [6.07, 6.45) is -3.26. The zero-order chi connectivity index (χ0) is 22.0. The van der Waals surface area contributed by atoms with Crippen LogP contribution in [0.1, 0.15) is 59.8 Å². The molecule has 0 radical (unpaired) electrons. The number of rotatable bonds is 2. The number of hydrogen-bond donors (Lipinski definition) is 1. The standard InChI is InChI=1S/C22H31F3O4/c1-6-19(4)11-15(27)20(5)12(2)7-9-21(10-8-14(26)16(20)21)13(3)17(19)29-18(28)22(23,24)25/h6,12-13,15-17,27H,1,7-11H2,2-5H3/t12?,13-,15+,16-,17-,19+,20-,21-/m0/s1. The predicted molar refractivity (Wildman–Crippen MR) is 101 cm³/mol. The zero-order valence-corrected chi connectivity index (χ0v) is 17.5. The highest BCUT2D eigenvalue weighted by Gasteiger charge is 2.68. The monoisotopic (exact) mass is 416 g/mol. The van der Waals surface area contributed by atoms with Crippen LogP contribution >= 0.6 is 0 Å². The molecular formula is C22H31F3O4. The molecule has 3 saturated carbocycles. The van der Waals surface area contributed by atoms with Gasteiger partial charge in [0.15, 0.2) is 0 Å². The van der Waals surface area contributed by atoms with Crippen molar-refractivity contribution >= 4 is 11.8 Å². The number of carbonyl (C=O) groups excluding carboxylic acids is 2. The van der Waals surface area contributed by atoms with Crippen LogP contribution < -0.4 is 0 Å². The fraction of sp³-hybridized carbons (Fsp3) is 0.818. The number of alkyl halides is 3. The molecule has 2 bridgehead atoms. The van der Waals surface area contributed by atoms with Gasteiger partial charge in [-0.05, 0) is 37.0 Å². The summed E-state index contributed by atoms with van der Waals surface area (Å²) in [5.41, 5.74) is -2.33. The molecule has 0 aliphatic heterocycles. The quantitative estimate of drug-likeness (QED) is 0.533. The van der Waals surface area contributed by atoms with E-state index >= 15 is 0 Å². The maximum Gasteiger partial charge on any atom is 0.490 e. The molecule has 0 saturated heterocycles. The second-order valence-electron chi connectivity index (χ2n) is 9.98. The molecule has 3 aliphatic carbocycles. The first-order valence-corrected chi connectivity index (χ1v) is 10.4. The molecule has 8 atom stereocenters. The lowest BCUT2D eigenvalue weighted by Crippen LogP contribution is -2.63. The Morgan fingerprint density at radius 2 is 1.90 bits per heavy atom. The Morgan fingerprint density at radius 1 is 1.28 bits per heavy atom. The van der Waals surface area contributed by atoms with Gasteiger partial charge in [-0.1, -0.05) is 33.8 Å². The van der Waals surface area contributed by atoms with Gasteiger partial charge in [-0.25, -0.2) is 4.79 Å². The Morgan fingerprint density at radius 3 is 2.45 bits per heavy atom. The minimum Gasteiger partial charge on any atom is -0.454 e. The molecule has 0 amide bonds. The predicted octanol–water partition coefficient (Wildman–Crippen LogP) is 4.46. The van der Waals surface area contributed by atoms with E-state index in [2.05, 4.69) is 6.58 Å². The average Bonchev–Trinajstić information content (AvgIpc) is 2.99. The van der Waals surface area contributed by atoms with Crippen molar-refractivity contribution in [3.63, 3.8) is 0 Å². The van der Waals surface area contributed by atoms with Gasteiger partial charge in [-0.2, -0.15) is 13.2 Å². The van der Waals surface area contributed by atoms with Gasteiger partial charge >= 0.3 is 12.1 Å². The van der Waals surface area contributed by atoms with Gasteiger partial charge in [0.2, 0.25) is 0 Å². The van der Waals surface area contributed by atoms with Crippen molar-refractivity contribution in [3.05, 3.63) is 12.7 Å². The molecule has 1 unspecified atom stereocenters. The molecule has 29 heavy (non-hydrogen) atoms. The Balaban J connectivity index is 2.17. The summed E-state index contributed by atoms with van der Waals surface area (Å²) >= 11 is 0. The van der Waals surface area contributed by atoms with Gasteiger partial charge < -0.3 is 9.84 Å². The molecule has 4 nitrogen and oxygen atoms in total. The van der Waals surface area contributed by atoms with Gasteiger partial charge in [0.1, 0.15) is 11.9 Å². The lowest BCUT2D eigenvalue weighted by Gasteiger charge is -2.61. The van der Waals surface area contributed by atoms with Crippen LogP contribution in [0.4, 0.5) is 13.2 Å². The fourth-order valence-electron chi connectivity index (χ4n) is 6.76. The molecule has 0 aromatic rings. The van der Waals surface area contributed by atoms with Crippen LogP contribution in [0.2, 0.25) is 0 Å². The molecule has 0 aromatic heterocycles. The summed E-state index contributed by atoms with van der Waals surface area (Å²) in [6, 6.07) is 0. The number of ketones is 1. The normalized spacial score (nSPS) is 47.7. The summed E-state index contributed by atoms with van der Waals surface area (Å²) in [7, 11) is 0. The van der Waals surface area contributed by atoms with Crippen LogP contribution in [0.25, 0.3) is 0 Å². The van der Waals surface area contributed by atoms with Crippen LogP contribution in [0.5, 0.6) is 0 Å². The second-order valence-corrected chi connectivity index (χ2v) is 9.98. The highest BCUT2D eigenvalue weighted by Crippen LogP contribution is 2.67. The Kier molecular flexibility index (Phi) is 5.25. The largest absolute Gasteiger partial charge is 0.490 e. The molecule has 7 heteroatoms. The minimum absolute atomic E-state index is 0.0630. The van der Waals surface area contributed by atoms with Gasteiger partial charge in [0, 0.05) is 29.1 Å². The summed E-state index contributed by atoms with van der Waals surface area (Å²) in [4.78, 5) is 24.8. The van der Waals surface area contributed by atoms with E-state index in [0.29, 0.717) is 19.3 Å². The lowest BCUT2D eigenvalue weighted by atomic mass is 9.44. The molecule has 0 spiro atoms. The van der Waals surface area contributed by atoms with Crippen LogP contribution in [0.15, 0.2) is 12.7 Å². The van der Waals surface area contributed by atoms with E-state index in [-0.39, 0.29) is 18.1 Å². The van der Waals surface area contributed by atoms with Crippen LogP contribution in [-0.2, 0) is 14.3 Å². The van der Waals surface area contributed by atoms with E-state index in [0.717, 1.165) is 6.42 Å². The van der Waals surface area contributed by atoms with Crippen molar-refractivity contribution in [3.8, 4) is 0 Å². The highest BCUT2D eigenvalue weighted by atomic mass is 19.4. The number of hydrogen-bond acceptors (Lipinski definition) is 4. The first-order valence-electron chi connectivity index (χ1n) is 10.4. The van der Waals surface area contributed by atoms with Crippen LogP contribution in [0, 0.1) is 34.0 Å². The van der Waals surface area contributed by atoms with Crippen molar-refractivity contribution in [2.75, 3.05) is 0 Å². The van der Waals surface area contributed by atoms with Crippen molar-refractivity contribution in [1.29, 1.82) is 0 Å². The number of carbonyl (C=O) groups is 2. The Bertz CT molecular complexity index is 719. The Labute approximate surface area is 169 Å². The average molecular weight is 416 g/mol. The highest BCUT2D eigenvalue weighted by molar-refractivity contribution is 5.85. The fourth-order valence-corrected chi connectivity index (χ4v) is 6.76. The van der Waals surface area contributed by atoms with E-state index in [1.165, 1.54) is 6.08 Å². The smallest absolute Gasteiger partial charge is 0.454 e. The zero-order valence-electron chi connectivity index (χ0n) is 17.5. The second kappa shape index (κ2) is 6.82. The summed E-state index contributed by atoms with van der Waals surface area (Å²) in [5, 5.41) is 11.3. The lowest BCUT2D eigenvalue weighted by molar-refractivity contribution is -0.229. The van der Waals surface area contributed by atoms with Gasteiger partial charge in [-0.15, -0.1) is 6.58 Å². The number of esters is 1. The summed E-state index contributed by atoms with van der Waals surface area (Å²) in [6.45, 7) is 11.3. The molecule has 164 valence electrons. The van der Waals surface area contributed by atoms with E-state index in [1.807, 2.05) is 13.8 Å². The number of ether oxygens (including phenoxy) is 1. The number of Topliss-reactive ketones (excluding diaryl/α,β-unsaturated/α-hetero) is 1. The van der Waals surface area contributed by atoms with Crippen molar-refractivity contribution in [2.45, 2.75) is 78.2 Å². The maximum atomic E-state index is 13.0. The van der Waals surface area contributed by atoms with E-state index < -0.39 is 52.4 Å². The Hall–Kier alpha value is -1.37. The van der Waals surface area contributed by atoms with Crippen molar-refractivity contribution < 1.29 is 32.6 Å². The van der Waals surface area contributed by atoms with Gasteiger partial charge in [-0.3, -0.25) is 4.79 Å². The molecule has 3 aliphatic rings. The minimum atomic E-state index is -5.11. The molecule has 3 fully saturated rings. The topological polar surface area (TPSA) is 63.6 Å². The number of halogens is 3. The van der Waals surface area contributed by atoms with E-state index in [9.17, 15) is 27.9 Å². The molecular weight excluding hydrogens is 385 g/mol. The van der Waals surface area contributed by atoms with Crippen molar-refractivity contribution in [2.24, 2.45) is 34.0 Å². The number of aliphatic hydroxyl groups is 1. The maximum absolute atomic E-state index is 13.0. The number of aliphatic hydroxyl groups excluding tert-OH is 1. The van der Waals surface area contributed by atoms with Crippen LogP contribution in [-0.4, -0.2) is 35.2 Å². The SMILES string of the molecule is C=C[C@]1(C)C[C@@H](O)[C@]2(C)C(C)CC[C@]3(CCC(=O)[C@H]32)[C@@H](C)[C@@H]1OC(=O)C(F)(F)F. The van der Waals surface area contributed by atoms with Gasteiger partial charge in [0.25, 0.3) is 0 Å². The molecule has 1 N–H and O–H groups in total. The van der Waals surface area contributed by atoms with E-state index in [1.54, 1.807) is 13.8 Å².